The van der Waals surface area contributed by atoms with Crippen molar-refractivity contribution in [1.29, 1.82) is 0 Å². The molecule has 8 heteroatoms. The van der Waals surface area contributed by atoms with Crippen molar-refractivity contribution in [2.24, 2.45) is 4.99 Å². The van der Waals surface area contributed by atoms with Gasteiger partial charge < -0.3 is 9.47 Å². The highest BCUT2D eigenvalue weighted by molar-refractivity contribution is 8.18. The summed E-state index contributed by atoms with van der Waals surface area (Å²) in [6.07, 6.45) is 1.81. The van der Waals surface area contributed by atoms with Crippen molar-refractivity contribution in [2.45, 2.75) is 13.5 Å². The van der Waals surface area contributed by atoms with Crippen LogP contribution in [0.5, 0.6) is 5.75 Å². The molecule has 35 heavy (non-hydrogen) atoms. The van der Waals surface area contributed by atoms with Crippen molar-refractivity contribution in [1.82, 2.24) is 4.90 Å². The number of nitrogens with zero attached hydrogens (tertiary/aromatic N) is 2. The Hall–Kier alpha value is -3.91. The fourth-order valence-electron chi connectivity index (χ4n) is 3.21. The molecule has 0 spiro atoms. The van der Waals surface area contributed by atoms with Crippen LogP contribution in [-0.2, 0) is 16.1 Å². The lowest BCUT2D eigenvalue weighted by Crippen LogP contribution is -2.23. The predicted octanol–water partition coefficient (Wildman–Crippen LogP) is 5.82. The highest BCUT2D eigenvalue weighted by atomic mass is 32.2. The van der Waals surface area contributed by atoms with Gasteiger partial charge in [0.15, 0.2) is 5.17 Å². The van der Waals surface area contributed by atoms with Gasteiger partial charge in [-0.25, -0.2) is 14.2 Å². The minimum Gasteiger partial charge on any atom is -0.489 e. The molecular formula is C27H23FN2O4S. The Morgan fingerprint density at radius 1 is 1.03 bits per heavy atom. The molecular weight excluding hydrogens is 467 g/mol. The highest BCUT2D eigenvalue weighted by Gasteiger charge is 2.30. The number of amides is 1. The average molecular weight is 491 g/mol. The maximum absolute atomic E-state index is 13.0. The molecule has 0 radical (unpaired) electrons. The van der Waals surface area contributed by atoms with E-state index in [1.165, 1.54) is 28.8 Å². The molecule has 1 aliphatic rings. The van der Waals surface area contributed by atoms with Crippen LogP contribution < -0.4 is 4.74 Å². The van der Waals surface area contributed by atoms with Gasteiger partial charge >= 0.3 is 5.97 Å². The Balaban J connectivity index is 1.41. The fraction of sp³-hybridized carbons (Fsp3) is 0.148. The third-order valence-electron chi connectivity index (χ3n) is 5.10. The van der Waals surface area contributed by atoms with E-state index in [2.05, 4.69) is 4.99 Å². The summed E-state index contributed by atoms with van der Waals surface area (Å²) >= 11 is 1.28. The van der Waals surface area contributed by atoms with Crippen LogP contribution in [0.2, 0.25) is 0 Å². The first kappa shape index (κ1) is 24.2. The van der Waals surface area contributed by atoms with Crippen LogP contribution in [0.1, 0.15) is 28.4 Å². The Kier molecular flexibility index (Phi) is 7.62. The van der Waals surface area contributed by atoms with E-state index in [0.717, 1.165) is 11.1 Å². The molecule has 4 rings (SSSR count). The zero-order valence-corrected chi connectivity index (χ0v) is 20.0. The molecule has 1 aliphatic heterocycles. The van der Waals surface area contributed by atoms with Crippen LogP contribution in [0.25, 0.3) is 6.08 Å². The zero-order chi connectivity index (χ0) is 24.8. The summed E-state index contributed by atoms with van der Waals surface area (Å²) in [4.78, 5) is 31.1. The van der Waals surface area contributed by atoms with Gasteiger partial charge in [0, 0.05) is 7.05 Å². The second-order valence-electron chi connectivity index (χ2n) is 7.62. The number of rotatable bonds is 7. The van der Waals surface area contributed by atoms with Crippen LogP contribution >= 0.6 is 11.8 Å². The van der Waals surface area contributed by atoms with Crippen LogP contribution in [0, 0.1) is 5.82 Å². The second kappa shape index (κ2) is 11.0. The van der Waals surface area contributed by atoms with Gasteiger partial charge in [0.25, 0.3) is 5.91 Å². The monoisotopic (exact) mass is 490 g/mol. The summed E-state index contributed by atoms with van der Waals surface area (Å²) in [5.74, 6) is -0.136. The molecule has 178 valence electrons. The molecule has 3 aromatic rings. The van der Waals surface area contributed by atoms with E-state index in [1.54, 1.807) is 56.4 Å². The molecule has 0 saturated carbocycles. The van der Waals surface area contributed by atoms with Crippen molar-refractivity contribution < 1.29 is 23.5 Å². The van der Waals surface area contributed by atoms with E-state index in [9.17, 15) is 14.0 Å². The number of thioether (sulfide) groups is 1. The number of esters is 1. The molecule has 1 saturated heterocycles. The second-order valence-corrected chi connectivity index (χ2v) is 8.63. The number of aliphatic imine (C=N–C) groups is 1. The largest absolute Gasteiger partial charge is 0.489 e. The number of amidine groups is 1. The molecule has 1 heterocycles. The molecule has 0 N–H and O–H groups in total. The molecule has 0 aromatic heterocycles. The fourth-order valence-corrected chi connectivity index (χ4v) is 4.19. The summed E-state index contributed by atoms with van der Waals surface area (Å²) in [6, 6.07) is 20.3. The van der Waals surface area contributed by atoms with Gasteiger partial charge in [-0.1, -0.05) is 24.3 Å². The Bertz CT molecular complexity index is 1270. The third-order valence-corrected chi connectivity index (χ3v) is 6.16. The molecule has 0 atom stereocenters. The molecule has 0 unspecified atom stereocenters. The van der Waals surface area contributed by atoms with Crippen molar-refractivity contribution in [3.63, 3.8) is 0 Å². The summed E-state index contributed by atoms with van der Waals surface area (Å²) in [6.45, 7) is 2.40. The van der Waals surface area contributed by atoms with Crippen LogP contribution in [-0.4, -0.2) is 35.6 Å². The van der Waals surface area contributed by atoms with Crippen LogP contribution in [0.3, 0.4) is 0 Å². The van der Waals surface area contributed by atoms with Crippen LogP contribution in [0.15, 0.2) is 82.7 Å². The zero-order valence-electron chi connectivity index (χ0n) is 19.2. The predicted molar refractivity (Wildman–Crippen MR) is 135 cm³/mol. The Morgan fingerprint density at radius 3 is 2.37 bits per heavy atom. The lowest BCUT2D eigenvalue weighted by Gasteiger charge is -2.07. The SMILES string of the molecule is CCOC(=O)c1ccc(N=C2SC(=Cc3ccc(OCc4ccc(F)cc4)cc3)C(=O)N2C)cc1. The summed E-state index contributed by atoms with van der Waals surface area (Å²) in [5.41, 5.74) is 2.80. The van der Waals surface area contributed by atoms with Gasteiger partial charge in [0.05, 0.1) is 22.8 Å². The summed E-state index contributed by atoms with van der Waals surface area (Å²) in [7, 11) is 1.67. The van der Waals surface area contributed by atoms with Gasteiger partial charge in [-0.15, -0.1) is 0 Å². The number of hydrogen-bond acceptors (Lipinski definition) is 6. The van der Waals surface area contributed by atoms with Crippen LogP contribution in [0.4, 0.5) is 10.1 Å². The van der Waals surface area contributed by atoms with Gasteiger partial charge in [-0.2, -0.15) is 0 Å². The van der Waals surface area contributed by atoms with E-state index in [1.807, 2.05) is 24.3 Å². The van der Waals surface area contributed by atoms with E-state index in [-0.39, 0.29) is 17.7 Å². The topological polar surface area (TPSA) is 68.2 Å². The van der Waals surface area contributed by atoms with E-state index in [4.69, 9.17) is 9.47 Å². The van der Waals surface area contributed by atoms with Crippen molar-refractivity contribution in [3.8, 4) is 5.75 Å². The molecule has 0 bridgehead atoms. The third kappa shape index (κ3) is 6.16. The smallest absolute Gasteiger partial charge is 0.338 e. The van der Waals surface area contributed by atoms with Gasteiger partial charge in [-0.3, -0.25) is 9.69 Å². The lowest BCUT2D eigenvalue weighted by atomic mass is 10.2. The number of ether oxygens (including phenoxy) is 2. The van der Waals surface area contributed by atoms with Gasteiger partial charge in [0.2, 0.25) is 0 Å². The summed E-state index contributed by atoms with van der Waals surface area (Å²) < 4.78 is 23.7. The maximum atomic E-state index is 13.0. The number of hydrogen-bond donors (Lipinski definition) is 0. The Morgan fingerprint density at radius 2 is 1.71 bits per heavy atom. The molecule has 3 aromatic carbocycles. The minimum atomic E-state index is -0.383. The number of halogens is 1. The molecule has 1 fully saturated rings. The first-order valence-electron chi connectivity index (χ1n) is 10.9. The summed E-state index contributed by atoms with van der Waals surface area (Å²) in [5, 5.41) is 0.546. The highest BCUT2D eigenvalue weighted by Crippen LogP contribution is 2.33. The molecule has 0 aliphatic carbocycles. The number of benzene rings is 3. The quantitative estimate of drug-likeness (QED) is 0.309. The number of carbonyl (C=O) groups excluding carboxylic acids is 2. The van der Waals surface area contributed by atoms with E-state index < -0.39 is 0 Å². The number of likely N-dealkylation sites (N-methyl/N-ethyl adjacent to an activating group) is 1. The molecule has 6 nitrogen and oxygen atoms in total. The maximum Gasteiger partial charge on any atom is 0.338 e. The normalized spacial score (nSPS) is 15.6. The standard InChI is InChI=1S/C27H23FN2O4S/c1-3-33-26(32)20-8-12-22(13-9-20)29-27-30(2)25(31)24(35-27)16-18-6-14-23(15-7-18)34-17-19-4-10-21(28)11-5-19/h4-16H,3,17H2,1-2H3. The minimum absolute atomic E-state index is 0.145. The van der Waals surface area contributed by atoms with Gasteiger partial charge in [-0.05, 0) is 84.4 Å². The first-order valence-corrected chi connectivity index (χ1v) is 11.8. The van der Waals surface area contributed by atoms with E-state index >= 15 is 0 Å². The molecule has 1 amide bonds. The first-order chi connectivity index (χ1) is 16.9. The van der Waals surface area contributed by atoms with E-state index in [0.29, 0.717) is 40.3 Å². The van der Waals surface area contributed by atoms with Crippen molar-refractivity contribution >= 4 is 40.6 Å². The number of carbonyl (C=O) groups is 2. The average Bonchev–Trinajstić information content (AvgIpc) is 3.12. The van der Waals surface area contributed by atoms with Gasteiger partial charge in [0.1, 0.15) is 18.2 Å². The lowest BCUT2D eigenvalue weighted by molar-refractivity contribution is -0.121. The van der Waals surface area contributed by atoms with Crippen molar-refractivity contribution in [2.75, 3.05) is 13.7 Å². The Labute approximate surface area is 207 Å². The van der Waals surface area contributed by atoms with Crippen molar-refractivity contribution in [3.05, 3.63) is 100 Å².